The van der Waals surface area contributed by atoms with Crippen LogP contribution in [0.1, 0.15) is 25.0 Å². The van der Waals surface area contributed by atoms with E-state index in [4.69, 9.17) is 0 Å². The average molecular weight is 618 g/mol. The van der Waals surface area contributed by atoms with Crippen molar-refractivity contribution in [2.45, 2.75) is 40.0 Å². The van der Waals surface area contributed by atoms with Crippen LogP contribution in [0.3, 0.4) is 0 Å². The Kier molecular flexibility index (Phi) is 6.95. The van der Waals surface area contributed by atoms with Crippen molar-refractivity contribution >= 4 is 89.2 Å². The molecular weight excluding hydrogens is 606 g/mol. The Hall–Kier alpha value is 0.380. The van der Waals surface area contributed by atoms with Crippen LogP contribution in [0.25, 0.3) is 11.1 Å². The lowest BCUT2D eigenvalue weighted by Gasteiger charge is -2.26. The van der Waals surface area contributed by atoms with Gasteiger partial charge in [0.25, 0.3) is 0 Å². The molecule has 0 aromatic carbocycles. The van der Waals surface area contributed by atoms with E-state index in [0.717, 1.165) is 46.2 Å². The number of alkyl halides is 6. The van der Waals surface area contributed by atoms with Gasteiger partial charge >= 0.3 is 17.8 Å². The summed E-state index contributed by atoms with van der Waals surface area (Å²) >= 11 is 10.6. The summed E-state index contributed by atoms with van der Waals surface area (Å²) in [5.74, 6) is -14.7. The molecule has 0 aliphatic heterocycles. The summed E-state index contributed by atoms with van der Waals surface area (Å²) in [4.78, 5) is 0. The molecule has 2 aromatic heterocycles. The van der Waals surface area contributed by atoms with E-state index in [1.54, 1.807) is 13.8 Å². The summed E-state index contributed by atoms with van der Waals surface area (Å²) in [6.45, 7) is 3.53. The van der Waals surface area contributed by atoms with Crippen LogP contribution in [0, 0.1) is 0 Å². The van der Waals surface area contributed by atoms with E-state index >= 15 is 17.6 Å². The molecule has 1 aliphatic rings. The van der Waals surface area contributed by atoms with E-state index in [-0.39, 0.29) is 28.5 Å². The smallest absolute Gasteiger partial charge is 0.194 e. The van der Waals surface area contributed by atoms with E-state index in [1.807, 2.05) is 0 Å². The predicted octanol–water partition coefficient (Wildman–Crippen LogP) is 9.39. The van der Waals surface area contributed by atoms with E-state index in [9.17, 15) is 8.78 Å². The normalized spacial score (nSPS) is 19.9. The molecule has 2 aromatic rings. The van der Waals surface area contributed by atoms with Crippen molar-refractivity contribution in [2.24, 2.45) is 0 Å². The molecule has 0 bridgehead atoms. The van der Waals surface area contributed by atoms with Crippen molar-refractivity contribution in [3.8, 4) is 0 Å². The third kappa shape index (κ3) is 3.57. The topological polar surface area (TPSA) is 0 Å². The maximum atomic E-state index is 15.0. The van der Waals surface area contributed by atoms with Crippen molar-refractivity contribution in [3.63, 3.8) is 0 Å². The number of thioether (sulfide) groups is 2. The van der Waals surface area contributed by atoms with Crippen LogP contribution in [-0.2, 0) is 0 Å². The van der Waals surface area contributed by atoms with Crippen LogP contribution in [-0.4, -0.2) is 29.3 Å². The van der Waals surface area contributed by atoms with Crippen LogP contribution in [0.4, 0.5) is 26.3 Å². The standard InChI is InChI=1S/C17H12Br2F6S4/c1-3-26-13-9(7(18)5-28-13)11-12(10-8(19)6-29-14(10)27-4-2)16(22,23)17(24,25)15(11,20)21/h5-6H,3-4H2,1-2H3. The number of rotatable bonds is 6. The Morgan fingerprint density at radius 3 is 1.41 bits per heavy atom. The predicted molar refractivity (Wildman–Crippen MR) is 118 cm³/mol. The van der Waals surface area contributed by atoms with Gasteiger partial charge in [-0.15, -0.1) is 46.2 Å². The Bertz CT molecular complexity index is 889. The molecule has 0 nitrogen and oxygen atoms in total. The van der Waals surface area contributed by atoms with Gasteiger partial charge in [-0.3, -0.25) is 0 Å². The Morgan fingerprint density at radius 2 is 1.10 bits per heavy atom. The molecule has 0 fully saturated rings. The second-order valence-corrected chi connectivity index (χ2v) is 12.4. The van der Waals surface area contributed by atoms with Gasteiger partial charge in [-0.2, -0.15) is 26.3 Å². The molecule has 0 saturated heterocycles. The minimum absolute atomic E-state index is 0.0928. The van der Waals surface area contributed by atoms with E-state index in [1.165, 1.54) is 10.8 Å². The first-order valence-electron chi connectivity index (χ1n) is 8.12. The van der Waals surface area contributed by atoms with E-state index in [0.29, 0.717) is 11.5 Å². The van der Waals surface area contributed by atoms with E-state index < -0.39 is 28.9 Å². The number of allylic oxidation sites excluding steroid dienone is 2. The monoisotopic (exact) mass is 616 g/mol. The minimum atomic E-state index is -5.56. The summed E-state index contributed by atoms with van der Waals surface area (Å²) in [6, 6.07) is 0. The summed E-state index contributed by atoms with van der Waals surface area (Å²) in [5.41, 5.74) is -3.20. The molecule has 0 radical (unpaired) electrons. The summed E-state index contributed by atoms with van der Waals surface area (Å²) in [7, 11) is 0. The maximum Gasteiger partial charge on any atom is 0.380 e. The Balaban J connectivity index is 2.46. The molecule has 0 N–H and O–H groups in total. The van der Waals surface area contributed by atoms with Gasteiger partial charge in [0, 0.05) is 42.0 Å². The van der Waals surface area contributed by atoms with Crippen molar-refractivity contribution < 1.29 is 26.3 Å². The van der Waals surface area contributed by atoms with Crippen molar-refractivity contribution in [2.75, 3.05) is 11.5 Å². The zero-order valence-electron chi connectivity index (χ0n) is 14.7. The summed E-state index contributed by atoms with van der Waals surface area (Å²) in [6.07, 6.45) is 0. The highest BCUT2D eigenvalue weighted by Crippen LogP contribution is 2.67. The highest BCUT2D eigenvalue weighted by atomic mass is 79.9. The highest BCUT2D eigenvalue weighted by molar-refractivity contribution is 9.11. The third-order valence-corrected chi connectivity index (χ3v) is 10.3. The van der Waals surface area contributed by atoms with Gasteiger partial charge in [0.1, 0.15) is 0 Å². The van der Waals surface area contributed by atoms with Gasteiger partial charge in [-0.1, -0.05) is 13.8 Å². The van der Waals surface area contributed by atoms with Gasteiger partial charge in [0.05, 0.1) is 8.42 Å². The molecule has 0 spiro atoms. The minimum Gasteiger partial charge on any atom is -0.194 e. The second kappa shape index (κ2) is 8.38. The molecular formula is C17H12Br2F6S4. The Labute approximate surface area is 196 Å². The molecule has 0 amide bonds. The lowest BCUT2D eigenvalue weighted by molar-refractivity contribution is -0.254. The van der Waals surface area contributed by atoms with E-state index in [2.05, 4.69) is 31.9 Å². The average Bonchev–Trinajstić information content (AvgIpc) is 3.18. The molecule has 0 saturated carbocycles. The van der Waals surface area contributed by atoms with Crippen LogP contribution in [0.2, 0.25) is 0 Å². The fraction of sp³-hybridized carbons (Fsp3) is 0.412. The van der Waals surface area contributed by atoms with Crippen LogP contribution in [0.5, 0.6) is 0 Å². The molecule has 0 unspecified atom stereocenters. The quantitative estimate of drug-likeness (QED) is 0.234. The zero-order chi connectivity index (χ0) is 21.8. The molecule has 29 heavy (non-hydrogen) atoms. The largest absolute Gasteiger partial charge is 0.380 e. The number of halogens is 8. The van der Waals surface area contributed by atoms with Crippen LogP contribution in [0.15, 0.2) is 28.1 Å². The van der Waals surface area contributed by atoms with Gasteiger partial charge in [0.2, 0.25) is 0 Å². The highest BCUT2D eigenvalue weighted by Gasteiger charge is 2.80. The summed E-state index contributed by atoms with van der Waals surface area (Å²) < 4.78 is 89.8. The van der Waals surface area contributed by atoms with Crippen molar-refractivity contribution in [1.29, 1.82) is 0 Å². The molecule has 0 atom stereocenters. The van der Waals surface area contributed by atoms with Crippen LogP contribution >= 0.6 is 78.1 Å². The maximum absolute atomic E-state index is 15.0. The van der Waals surface area contributed by atoms with Crippen molar-refractivity contribution in [3.05, 3.63) is 30.8 Å². The second-order valence-electron chi connectivity index (χ2n) is 5.83. The lowest BCUT2D eigenvalue weighted by Crippen LogP contribution is -2.49. The van der Waals surface area contributed by atoms with Crippen molar-refractivity contribution in [1.82, 2.24) is 0 Å². The molecule has 2 heterocycles. The first-order valence-corrected chi connectivity index (χ1v) is 13.4. The van der Waals surface area contributed by atoms with Crippen LogP contribution < -0.4 is 0 Å². The molecule has 12 heteroatoms. The van der Waals surface area contributed by atoms with Gasteiger partial charge in [0.15, 0.2) is 0 Å². The van der Waals surface area contributed by atoms with Gasteiger partial charge in [-0.25, -0.2) is 0 Å². The Morgan fingerprint density at radius 1 is 0.759 bits per heavy atom. The summed E-state index contributed by atoms with van der Waals surface area (Å²) in [5, 5.41) is 2.90. The third-order valence-electron chi connectivity index (χ3n) is 4.14. The molecule has 1 aliphatic carbocycles. The molecule has 160 valence electrons. The van der Waals surface area contributed by atoms with Gasteiger partial charge < -0.3 is 0 Å². The SMILES string of the molecule is CCSc1scc(Br)c1C1=C(c2c(Br)csc2SCC)C(F)(F)C(F)(F)C1(F)F. The van der Waals surface area contributed by atoms with Gasteiger partial charge in [-0.05, 0) is 43.4 Å². The zero-order valence-corrected chi connectivity index (χ0v) is 21.2. The number of hydrogen-bond donors (Lipinski definition) is 0. The molecule has 3 rings (SSSR count). The first-order chi connectivity index (χ1) is 13.4. The fourth-order valence-electron chi connectivity index (χ4n) is 2.95. The first kappa shape index (κ1) is 24.0. The number of hydrogen-bond acceptors (Lipinski definition) is 4. The fourth-order valence-corrected chi connectivity index (χ4v) is 8.92. The lowest BCUT2D eigenvalue weighted by atomic mass is 9.98. The number of thiophene rings is 2.